The molecular weight excluding hydrogens is 210 g/mol. The number of hydrogen-bond donors (Lipinski definition) is 1. The molecule has 1 saturated heterocycles. The third-order valence-electron chi connectivity index (χ3n) is 5.83. The first-order valence-electron chi connectivity index (χ1n) is 7.48. The van der Waals surface area contributed by atoms with Crippen LogP contribution in [0, 0.1) is 23.2 Å². The minimum Gasteiger partial charge on any atom is -0.380 e. The lowest BCUT2D eigenvalue weighted by atomic mass is 9.53. The molecule has 2 nitrogen and oxygen atoms in total. The van der Waals surface area contributed by atoms with Gasteiger partial charge < -0.3 is 10.1 Å². The highest BCUT2D eigenvalue weighted by molar-refractivity contribution is 5.07. The van der Waals surface area contributed by atoms with Crippen LogP contribution in [-0.2, 0) is 4.74 Å². The van der Waals surface area contributed by atoms with Crippen LogP contribution < -0.4 is 5.32 Å². The first-order chi connectivity index (χ1) is 8.15. The van der Waals surface area contributed by atoms with Gasteiger partial charge in [-0.25, -0.2) is 0 Å². The topological polar surface area (TPSA) is 21.3 Å². The van der Waals surface area contributed by atoms with E-state index >= 15 is 0 Å². The van der Waals surface area contributed by atoms with Crippen molar-refractivity contribution in [2.75, 3.05) is 19.8 Å². The highest BCUT2D eigenvalue weighted by Crippen LogP contribution is 2.55. The average Bonchev–Trinajstić information content (AvgIpc) is 2.22. The van der Waals surface area contributed by atoms with Gasteiger partial charge in [-0.2, -0.15) is 0 Å². The van der Waals surface area contributed by atoms with Crippen molar-refractivity contribution in [2.24, 2.45) is 23.2 Å². The molecule has 0 atom stereocenters. The molecule has 0 unspecified atom stereocenters. The molecule has 5 rings (SSSR count). The lowest BCUT2D eigenvalue weighted by Crippen LogP contribution is -2.61. The summed E-state index contributed by atoms with van der Waals surface area (Å²) in [6, 6.07) is 0. The molecule has 5 fully saturated rings. The molecule has 1 aliphatic heterocycles. The van der Waals surface area contributed by atoms with Crippen LogP contribution in [0.25, 0.3) is 0 Å². The number of ether oxygens (including phenoxy) is 1. The highest BCUT2D eigenvalue weighted by Gasteiger charge is 2.51. The molecule has 5 aliphatic rings. The Balaban J connectivity index is 1.45. The molecule has 0 aromatic heterocycles. The second-order valence-corrected chi connectivity index (χ2v) is 7.85. The Hall–Kier alpha value is -0.0800. The molecule has 0 aromatic rings. The smallest absolute Gasteiger partial charge is 0.0554 e. The molecule has 0 amide bonds. The van der Waals surface area contributed by atoms with Gasteiger partial charge in [-0.15, -0.1) is 0 Å². The molecule has 4 aliphatic carbocycles. The summed E-state index contributed by atoms with van der Waals surface area (Å²) in [4.78, 5) is 0. The standard InChI is InChI=1S/C15H25NO/c1-14(9-17-10-14)8-16-15-5-11-2-12(6-15)4-13(3-11)7-15/h11-13,16H,2-10H2,1H3. The zero-order valence-corrected chi connectivity index (χ0v) is 11.0. The van der Waals surface area contributed by atoms with Crippen LogP contribution in [0.4, 0.5) is 0 Å². The van der Waals surface area contributed by atoms with E-state index in [0.29, 0.717) is 11.0 Å². The summed E-state index contributed by atoms with van der Waals surface area (Å²) in [5, 5.41) is 3.99. The van der Waals surface area contributed by atoms with Crippen molar-refractivity contribution in [3.05, 3.63) is 0 Å². The monoisotopic (exact) mass is 235 g/mol. The zero-order valence-electron chi connectivity index (χ0n) is 11.0. The van der Waals surface area contributed by atoms with E-state index in [0.717, 1.165) is 31.0 Å². The Morgan fingerprint density at radius 1 is 1.00 bits per heavy atom. The Morgan fingerprint density at radius 3 is 1.94 bits per heavy atom. The van der Waals surface area contributed by atoms with Crippen LogP contribution >= 0.6 is 0 Å². The van der Waals surface area contributed by atoms with Crippen molar-refractivity contribution in [1.29, 1.82) is 0 Å². The largest absolute Gasteiger partial charge is 0.380 e. The first kappa shape index (κ1) is 10.8. The maximum atomic E-state index is 5.37. The van der Waals surface area contributed by atoms with Gasteiger partial charge in [0.1, 0.15) is 0 Å². The first-order valence-corrected chi connectivity index (χ1v) is 7.48. The quantitative estimate of drug-likeness (QED) is 0.812. The fraction of sp³-hybridized carbons (Fsp3) is 1.00. The van der Waals surface area contributed by atoms with Gasteiger partial charge in [0.05, 0.1) is 13.2 Å². The third-order valence-corrected chi connectivity index (χ3v) is 5.83. The van der Waals surface area contributed by atoms with Crippen molar-refractivity contribution in [2.45, 2.75) is 51.0 Å². The van der Waals surface area contributed by atoms with E-state index < -0.39 is 0 Å². The molecule has 2 heteroatoms. The summed E-state index contributed by atoms with van der Waals surface area (Å²) in [5.41, 5.74) is 0.969. The summed E-state index contributed by atoms with van der Waals surface area (Å²) in [6.45, 7) is 5.47. The number of rotatable bonds is 3. The van der Waals surface area contributed by atoms with E-state index in [1.807, 2.05) is 0 Å². The van der Waals surface area contributed by atoms with E-state index in [1.54, 1.807) is 19.3 Å². The van der Waals surface area contributed by atoms with Crippen molar-refractivity contribution < 1.29 is 4.74 Å². The normalized spacial score (nSPS) is 50.3. The summed E-state index contributed by atoms with van der Waals surface area (Å²) >= 11 is 0. The zero-order chi connectivity index (χ0) is 11.5. The summed E-state index contributed by atoms with van der Waals surface area (Å²) in [5.74, 6) is 3.16. The molecule has 0 aromatic carbocycles. The van der Waals surface area contributed by atoms with Crippen LogP contribution in [0.1, 0.15) is 45.4 Å². The molecular formula is C15H25NO. The van der Waals surface area contributed by atoms with Gasteiger partial charge in [-0.05, 0) is 56.3 Å². The van der Waals surface area contributed by atoms with Crippen LogP contribution in [-0.4, -0.2) is 25.3 Å². The Morgan fingerprint density at radius 2 is 1.53 bits per heavy atom. The minimum atomic E-state index is 0.434. The second kappa shape index (κ2) is 3.48. The number of hydrogen-bond acceptors (Lipinski definition) is 2. The van der Waals surface area contributed by atoms with E-state index in [-0.39, 0.29) is 0 Å². The van der Waals surface area contributed by atoms with Crippen molar-refractivity contribution in [3.63, 3.8) is 0 Å². The van der Waals surface area contributed by atoms with Crippen LogP contribution in [0.5, 0.6) is 0 Å². The van der Waals surface area contributed by atoms with E-state index in [1.165, 1.54) is 25.8 Å². The second-order valence-electron chi connectivity index (χ2n) is 7.85. The van der Waals surface area contributed by atoms with Gasteiger partial charge in [0.2, 0.25) is 0 Å². The molecule has 4 saturated carbocycles. The molecule has 96 valence electrons. The van der Waals surface area contributed by atoms with Gasteiger partial charge in [-0.1, -0.05) is 6.92 Å². The van der Waals surface area contributed by atoms with Crippen LogP contribution in [0.2, 0.25) is 0 Å². The predicted molar refractivity (Wildman–Crippen MR) is 67.8 cm³/mol. The molecule has 0 radical (unpaired) electrons. The molecule has 4 bridgehead atoms. The van der Waals surface area contributed by atoms with Crippen molar-refractivity contribution in [1.82, 2.24) is 5.32 Å². The van der Waals surface area contributed by atoms with Gasteiger partial charge >= 0.3 is 0 Å². The number of nitrogens with one attached hydrogen (secondary N) is 1. The average molecular weight is 235 g/mol. The van der Waals surface area contributed by atoms with E-state index in [2.05, 4.69) is 12.2 Å². The third kappa shape index (κ3) is 1.76. The van der Waals surface area contributed by atoms with Gasteiger partial charge in [-0.3, -0.25) is 0 Å². The molecule has 17 heavy (non-hydrogen) atoms. The lowest BCUT2D eigenvalue weighted by molar-refractivity contribution is -0.109. The molecule has 1 N–H and O–H groups in total. The minimum absolute atomic E-state index is 0.434. The summed E-state index contributed by atoms with van der Waals surface area (Å²) < 4.78 is 5.37. The molecule has 0 spiro atoms. The molecule has 1 heterocycles. The Bertz CT molecular complexity index is 286. The maximum Gasteiger partial charge on any atom is 0.0554 e. The fourth-order valence-electron chi connectivity index (χ4n) is 5.28. The Labute approximate surface area is 104 Å². The lowest BCUT2D eigenvalue weighted by Gasteiger charge is -2.58. The SMILES string of the molecule is CC1(CNC23CC4CC(CC(C4)C2)C3)COC1. The Kier molecular flexibility index (Phi) is 2.21. The van der Waals surface area contributed by atoms with Gasteiger partial charge in [0.15, 0.2) is 0 Å². The van der Waals surface area contributed by atoms with E-state index in [9.17, 15) is 0 Å². The van der Waals surface area contributed by atoms with Crippen molar-refractivity contribution >= 4 is 0 Å². The summed E-state index contributed by atoms with van der Waals surface area (Å²) in [6.07, 6.45) is 9.03. The van der Waals surface area contributed by atoms with Crippen molar-refractivity contribution in [3.8, 4) is 0 Å². The van der Waals surface area contributed by atoms with Gasteiger partial charge in [0.25, 0.3) is 0 Å². The van der Waals surface area contributed by atoms with Crippen LogP contribution in [0.3, 0.4) is 0 Å². The predicted octanol–water partition coefficient (Wildman–Crippen LogP) is 2.58. The summed E-state index contributed by atoms with van der Waals surface area (Å²) in [7, 11) is 0. The van der Waals surface area contributed by atoms with E-state index in [4.69, 9.17) is 4.74 Å². The highest BCUT2D eigenvalue weighted by atomic mass is 16.5. The van der Waals surface area contributed by atoms with Gasteiger partial charge in [0, 0.05) is 17.5 Å². The maximum absolute atomic E-state index is 5.37. The van der Waals surface area contributed by atoms with Crippen LogP contribution in [0.15, 0.2) is 0 Å². The fourth-order valence-corrected chi connectivity index (χ4v) is 5.28.